The van der Waals surface area contributed by atoms with Gasteiger partial charge >= 0.3 is 0 Å². The second-order valence-electron chi connectivity index (χ2n) is 10.7. The molecule has 1 aliphatic carbocycles. The normalized spacial score (nSPS) is 19.3. The van der Waals surface area contributed by atoms with Crippen molar-refractivity contribution in [1.29, 1.82) is 0 Å². The minimum absolute atomic E-state index is 0.00231. The summed E-state index contributed by atoms with van der Waals surface area (Å²) in [5.41, 5.74) is 6.75. The van der Waals surface area contributed by atoms with Crippen molar-refractivity contribution in [2.45, 2.75) is 110 Å². The van der Waals surface area contributed by atoms with E-state index in [1.54, 1.807) is 24.4 Å². The standard InChI is InChI=1S/C28H47N3O3/c1-5-20(4)25(29)27(33)26(24-16-9-10-17-30-24)31-28(34)23(19(2)3)18-22(32)15-11-14-21-12-7-6-8-13-21/h9-10,16-17,19-23,25-26,32H,5-8,11-15,18,29H2,1-4H3,(H,31,34)/t20-,22-,23-,25-,26?/m0/s1. The average molecular weight is 474 g/mol. The molecule has 2 rings (SSSR count). The molecule has 1 saturated carbocycles. The molecule has 0 aliphatic heterocycles. The second kappa shape index (κ2) is 14.6. The number of aromatic nitrogens is 1. The molecule has 1 aliphatic rings. The maximum absolute atomic E-state index is 13.3. The van der Waals surface area contributed by atoms with Gasteiger partial charge in [0.25, 0.3) is 0 Å². The van der Waals surface area contributed by atoms with Gasteiger partial charge in [0.15, 0.2) is 5.78 Å². The lowest BCUT2D eigenvalue weighted by molar-refractivity contribution is -0.133. The van der Waals surface area contributed by atoms with Crippen molar-refractivity contribution in [3.05, 3.63) is 30.1 Å². The molecule has 1 unspecified atom stereocenters. The Labute approximate surface area is 206 Å². The molecule has 34 heavy (non-hydrogen) atoms. The number of aliphatic hydroxyl groups is 1. The summed E-state index contributed by atoms with van der Waals surface area (Å²) in [6.45, 7) is 7.92. The first-order valence-electron chi connectivity index (χ1n) is 13.4. The summed E-state index contributed by atoms with van der Waals surface area (Å²) < 4.78 is 0. The fourth-order valence-corrected chi connectivity index (χ4v) is 5.02. The molecule has 1 aromatic heterocycles. The van der Waals surface area contributed by atoms with Crippen molar-refractivity contribution in [3.8, 4) is 0 Å². The van der Waals surface area contributed by atoms with Gasteiger partial charge in [-0.2, -0.15) is 0 Å². The second-order valence-corrected chi connectivity index (χ2v) is 10.7. The number of pyridine rings is 1. The zero-order valence-electron chi connectivity index (χ0n) is 21.7. The van der Waals surface area contributed by atoms with Crippen LogP contribution >= 0.6 is 0 Å². The Morgan fingerprint density at radius 3 is 2.47 bits per heavy atom. The number of hydrogen-bond donors (Lipinski definition) is 3. The molecule has 0 radical (unpaired) electrons. The molecule has 1 heterocycles. The molecule has 1 fully saturated rings. The van der Waals surface area contributed by atoms with Crippen LogP contribution < -0.4 is 11.1 Å². The molecule has 1 aromatic rings. The Bertz CT molecular complexity index is 734. The van der Waals surface area contributed by atoms with Crippen LogP contribution in [0.15, 0.2) is 24.4 Å². The van der Waals surface area contributed by atoms with Gasteiger partial charge in [0, 0.05) is 12.1 Å². The lowest BCUT2D eigenvalue weighted by atomic mass is 9.84. The van der Waals surface area contributed by atoms with E-state index >= 15 is 0 Å². The Balaban J connectivity index is 2.02. The van der Waals surface area contributed by atoms with Crippen LogP contribution in [0.4, 0.5) is 0 Å². The number of hydrogen-bond acceptors (Lipinski definition) is 5. The highest BCUT2D eigenvalue weighted by Gasteiger charge is 2.34. The number of nitrogens with two attached hydrogens (primary N) is 1. The maximum Gasteiger partial charge on any atom is 0.224 e. The fraction of sp³-hybridized carbons (Fsp3) is 0.750. The van der Waals surface area contributed by atoms with Gasteiger partial charge in [-0.15, -0.1) is 0 Å². The number of nitrogens with zero attached hydrogens (tertiary/aromatic N) is 1. The quantitative estimate of drug-likeness (QED) is 0.354. The fourth-order valence-electron chi connectivity index (χ4n) is 5.02. The van der Waals surface area contributed by atoms with E-state index in [0.29, 0.717) is 18.5 Å². The summed E-state index contributed by atoms with van der Waals surface area (Å²) in [6, 6.07) is 3.76. The third-order valence-electron chi connectivity index (χ3n) is 7.68. The molecule has 0 spiro atoms. The van der Waals surface area contributed by atoms with Crippen molar-refractivity contribution in [1.82, 2.24) is 10.3 Å². The predicted molar refractivity (Wildman–Crippen MR) is 137 cm³/mol. The molecular weight excluding hydrogens is 426 g/mol. The zero-order chi connectivity index (χ0) is 25.1. The summed E-state index contributed by atoms with van der Waals surface area (Å²) in [6.07, 6.45) is 11.8. The molecule has 0 aromatic carbocycles. The van der Waals surface area contributed by atoms with E-state index in [1.807, 2.05) is 27.7 Å². The Morgan fingerprint density at radius 1 is 1.18 bits per heavy atom. The smallest absolute Gasteiger partial charge is 0.224 e. The minimum Gasteiger partial charge on any atom is -0.393 e. The number of Topliss-reactive ketones (excluding diaryl/α,β-unsaturated/α-hetero) is 1. The summed E-state index contributed by atoms with van der Waals surface area (Å²) in [5, 5.41) is 13.7. The zero-order valence-corrected chi connectivity index (χ0v) is 21.7. The third kappa shape index (κ3) is 8.77. The van der Waals surface area contributed by atoms with Crippen LogP contribution in [0.3, 0.4) is 0 Å². The molecule has 1 amide bonds. The summed E-state index contributed by atoms with van der Waals surface area (Å²) in [5.74, 6) is 0.00496. The van der Waals surface area contributed by atoms with Crippen LogP contribution in [0.1, 0.15) is 104 Å². The van der Waals surface area contributed by atoms with Crippen LogP contribution in [-0.4, -0.2) is 33.9 Å². The third-order valence-corrected chi connectivity index (χ3v) is 7.68. The number of carbonyl (C=O) groups is 2. The Hall–Kier alpha value is -1.79. The van der Waals surface area contributed by atoms with Crippen molar-refractivity contribution in [2.24, 2.45) is 29.4 Å². The largest absolute Gasteiger partial charge is 0.393 e. The van der Waals surface area contributed by atoms with Crippen LogP contribution in [0, 0.1) is 23.7 Å². The number of nitrogens with one attached hydrogen (secondary N) is 1. The SMILES string of the molecule is CC[C@H](C)[C@H](N)C(=O)C(NC(=O)[C@@H](C[C@@H](O)CCCC1CCCCC1)C(C)C)c1ccccn1. The number of ketones is 1. The molecule has 6 nitrogen and oxygen atoms in total. The molecule has 4 N–H and O–H groups in total. The van der Waals surface area contributed by atoms with Crippen molar-refractivity contribution < 1.29 is 14.7 Å². The number of amides is 1. The number of rotatable bonds is 14. The van der Waals surface area contributed by atoms with Crippen LogP contribution in [0.5, 0.6) is 0 Å². The van der Waals surface area contributed by atoms with Crippen molar-refractivity contribution in [3.63, 3.8) is 0 Å². The molecule has 192 valence electrons. The summed E-state index contributed by atoms with van der Waals surface area (Å²) >= 11 is 0. The highest BCUT2D eigenvalue weighted by molar-refractivity contribution is 5.93. The van der Waals surface area contributed by atoms with Crippen LogP contribution in [0.25, 0.3) is 0 Å². The van der Waals surface area contributed by atoms with Gasteiger partial charge in [-0.05, 0) is 42.7 Å². The van der Waals surface area contributed by atoms with E-state index in [4.69, 9.17) is 5.73 Å². The molecule has 0 saturated heterocycles. The van der Waals surface area contributed by atoms with E-state index in [9.17, 15) is 14.7 Å². The van der Waals surface area contributed by atoms with E-state index in [-0.39, 0.29) is 29.4 Å². The molecule has 0 bridgehead atoms. The summed E-state index contributed by atoms with van der Waals surface area (Å²) in [4.78, 5) is 30.9. The van der Waals surface area contributed by atoms with E-state index < -0.39 is 18.2 Å². The van der Waals surface area contributed by atoms with Gasteiger partial charge in [0.2, 0.25) is 5.91 Å². The van der Waals surface area contributed by atoms with Crippen molar-refractivity contribution in [2.75, 3.05) is 0 Å². The van der Waals surface area contributed by atoms with E-state index in [0.717, 1.165) is 18.8 Å². The molecular formula is C28H47N3O3. The van der Waals surface area contributed by atoms with Crippen molar-refractivity contribution >= 4 is 11.7 Å². The lowest BCUT2D eigenvalue weighted by Crippen LogP contribution is -2.47. The number of carbonyl (C=O) groups excluding carboxylic acids is 2. The van der Waals surface area contributed by atoms with E-state index in [1.165, 1.54) is 38.5 Å². The van der Waals surface area contributed by atoms with Gasteiger partial charge in [0.1, 0.15) is 6.04 Å². The lowest BCUT2D eigenvalue weighted by Gasteiger charge is -2.28. The summed E-state index contributed by atoms with van der Waals surface area (Å²) in [7, 11) is 0. The van der Waals surface area contributed by atoms with Crippen LogP contribution in [-0.2, 0) is 9.59 Å². The predicted octanol–water partition coefficient (Wildman–Crippen LogP) is 4.96. The van der Waals surface area contributed by atoms with Gasteiger partial charge in [0.05, 0.1) is 17.8 Å². The van der Waals surface area contributed by atoms with E-state index in [2.05, 4.69) is 10.3 Å². The van der Waals surface area contributed by atoms with Gasteiger partial charge < -0.3 is 16.2 Å². The first-order valence-corrected chi connectivity index (χ1v) is 13.4. The maximum atomic E-state index is 13.3. The number of aliphatic hydroxyl groups excluding tert-OH is 1. The Kier molecular flexibility index (Phi) is 12.2. The van der Waals surface area contributed by atoms with Gasteiger partial charge in [-0.25, -0.2) is 0 Å². The first kappa shape index (κ1) is 28.4. The topological polar surface area (TPSA) is 105 Å². The average Bonchev–Trinajstić information content (AvgIpc) is 2.85. The Morgan fingerprint density at radius 2 is 1.88 bits per heavy atom. The first-order chi connectivity index (χ1) is 16.2. The molecule has 5 atom stereocenters. The van der Waals surface area contributed by atoms with Gasteiger partial charge in [-0.1, -0.05) is 85.1 Å². The highest BCUT2D eigenvalue weighted by Crippen LogP contribution is 2.29. The van der Waals surface area contributed by atoms with Crippen LogP contribution in [0.2, 0.25) is 0 Å². The minimum atomic E-state index is -0.887. The highest BCUT2D eigenvalue weighted by atomic mass is 16.3. The van der Waals surface area contributed by atoms with Gasteiger partial charge in [-0.3, -0.25) is 14.6 Å². The molecule has 6 heteroatoms. The monoisotopic (exact) mass is 473 g/mol.